The van der Waals surface area contributed by atoms with Crippen LogP contribution >= 0.6 is 8.30 Å². The number of aromatic amines is 1. The van der Waals surface area contributed by atoms with Gasteiger partial charge in [-0.05, 0) is 82.0 Å². The molecule has 6 rings (SSSR count). The van der Waals surface area contributed by atoms with Gasteiger partial charge in [0.15, 0.2) is 24.6 Å². The molecule has 1 aromatic heterocycles. The van der Waals surface area contributed by atoms with E-state index in [9.17, 15) is 28.8 Å². The quantitative estimate of drug-likeness (QED) is 0.0261. The van der Waals surface area contributed by atoms with E-state index in [1.165, 1.54) is 17.7 Å². The molecule has 2 saturated heterocycles. The van der Waals surface area contributed by atoms with Crippen LogP contribution in [0.15, 0.2) is 94.6 Å². The minimum atomic E-state index is -1.51. The van der Waals surface area contributed by atoms with E-state index in [1.54, 1.807) is 21.1 Å². The Kier molecular flexibility index (Phi) is 20.7. The molecule has 408 valence electrons. The van der Waals surface area contributed by atoms with E-state index in [4.69, 9.17) is 51.9 Å². The minimum Gasteiger partial charge on any atom is -0.497 e. The van der Waals surface area contributed by atoms with Crippen LogP contribution in [0.5, 0.6) is 11.5 Å². The van der Waals surface area contributed by atoms with Gasteiger partial charge in [-0.3, -0.25) is 38.2 Å². The van der Waals surface area contributed by atoms with Gasteiger partial charge in [0.25, 0.3) is 5.56 Å². The van der Waals surface area contributed by atoms with Gasteiger partial charge in [0.2, 0.25) is 0 Å². The fourth-order valence-corrected chi connectivity index (χ4v) is 11.8. The zero-order valence-electron chi connectivity index (χ0n) is 44.4. The van der Waals surface area contributed by atoms with Gasteiger partial charge in [0, 0.05) is 64.1 Å². The first-order chi connectivity index (χ1) is 35.7. The number of carbonyl (C=O) groups excluding carboxylic acids is 4. The van der Waals surface area contributed by atoms with Crippen LogP contribution in [0.3, 0.4) is 0 Å². The second-order valence-electron chi connectivity index (χ2n) is 18.7. The van der Waals surface area contributed by atoms with Crippen molar-refractivity contribution in [2.45, 2.75) is 142 Å². The van der Waals surface area contributed by atoms with E-state index in [0.717, 1.165) is 37.5 Å². The summed E-state index contributed by atoms with van der Waals surface area (Å²) < 4.78 is 70.8. The summed E-state index contributed by atoms with van der Waals surface area (Å²) in [6, 6.07) is 25.1. The number of hydrogen-bond acceptors (Lipinski definition) is 18. The van der Waals surface area contributed by atoms with E-state index in [2.05, 4.69) is 37.3 Å². The molecule has 2 fully saturated rings. The van der Waals surface area contributed by atoms with Crippen molar-refractivity contribution in [3.8, 4) is 11.5 Å². The molecule has 0 bridgehead atoms. The summed E-state index contributed by atoms with van der Waals surface area (Å²) in [5, 5.41) is 0. The molecular weight excluding hydrogens is 994 g/mol. The average molecular weight is 1060 g/mol. The number of ether oxygens (including phenoxy) is 10. The maximum atomic E-state index is 13.5. The predicted octanol–water partition coefficient (Wildman–Crippen LogP) is 6.46. The van der Waals surface area contributed by atoms with Crippen molar-refractivity contribution >= 4 is 32.2 Å². The molecule has 21 heteroatoms. The van der Waals surface area contributed by atoms with Crippen LogP contribution in [-0.4, -0.2) is 133 Å². The minimum absolute atomic E-state index is 0.00562. The largest absolute Gasteiger partial charge is 0.497 e. The number of carbonyl (C=O) groups is 4. The summed E-state index contributed by atoms with van der Waals surface area (Å²) >= 11 is 0. The van der Waals surface area contributed by atoms with Crippen molar-refractivity contribution in [1.29, 1.82) is 0 Å². The molecule has 3 heterocycles. The molecule has 2 aliphatic heterocycles. The lowest BCUT2D eigenvalue weighted by Crippen LogP contribution is -2.63. The molecule has 4 aromatic rings. The van der Waals surface area contributed by atoms with Gasteiger partial charge < -0.3 is 51.9 Å². The Bertz CT molecular complexity index is 2590. The van der Waals surface area contributed by atoms with Crippen LogP contribution < -0.4 is 20.7 Å². The Morgan fingerprint density at radius 3 is 1.80 bits per heavy atom. The van der Waals surface area contributed by atoms with E-state index in [1.807, 2.05) is 78.9 Å². The Morgan fingerprint density at radius 1 is 0.720 bits per heavy atom. The Morgan fingerprint density at radius 2 is 1.27 bits per heavy atom. The highest BCUT2D eigenvalue weighted by atomic mass is 31.2. The summed E-state index contributed by atoms with van der Waals surface area (Å²) in [5.74, 6) is -1.59. The topological polar surface area (TPSA) is 228 Å². The Balaban J connectivity index is 1.35. The fourth-order valence-electron chi connectivity index (χ4n) is 9.43. The van der Waals surface area contributed by atoms with Crippen LogP contribution in [-0.2, 0) is 67.2 Å². The predicted molar refractivity (Wildman–Crippen MR) is 274 cm³/mol. The first kappa shape index (κ1) is 58.3. The highest BCUT2D eigenvalue weighted by molar-refractivity contribution is 7.50. The molecule has 9 atom stereocenters. The number of esters is 4. The maximum Gasteiger partial charge on any atom is 0.330 e. The van der Waals surface area contributed by atoms with Crippen LogP contribution in [0.25, 0.3) is 0 Å². The SMILES string of the molecule is COc1ccc(C(OC[C@H]2O[C@@H](n3cc(C)c(=O)[nH]c3=O)C[C@@H]2OP(CCCO[C@@H]2O[C@H](COC(C)=O)[C@@H](OC(C)=O)[C@H](OC(C)=O)[C@H]2OC(C)=O)N(C(C)C)C(C)C)(c2ccccc2)c2ccc(OC)cc2)cc1. The number of hydrogen-bond donors (Lipinski definition) is 1. The number of rotatable bonds is 24. The fraction of sp³-hybridized carbons (Fsp3) is 0.519. The van der Waals surface area contributed by atoms with Crippen LogP contribution in [0.1, 0.15) is 96.7 Å². The summed E-state index contributed by atoms with van der Waals surface area (Å²) in [6.07, 6.45) is -6.53. The summed E-state index contributed by atoms with van der Waals surface area (Å²) in [4.78, 5) is 77.7. The molecular formula is C54H70N3O17P. The molecule has 0 aliphatic carbocycles. The van der Waals surface area contributed by atoms with Gasteiger partial charge in [-0.15, -0.1) is 0 Å². The zero-order chi connectivity index (χ0) is 54.6. The molecule has 1 unspecified atom stereocenters. The number of H-pyrrole nitrogens is 1. The average Bonchev–Trinajstić information content (AvgIpc) is 3.76. The number of aryl methyl sites for hydroxylation is 1. The molecule has 2 aliphatic rings. The lowest BCUT2D eigenvalue weighted by Gasteiger charge is -2.44. The van der Waals surface area contributed by atoms with Crippen molar-refractivity contribution in [3.63, 3.8) is 0 Å². The number of methoxy groups -OCH3 is 2. The molecule has 0 amide bonds. The molecule has 1 N–H and O–H groups in total. The van der Waals surface area contributed by atoms with Gasteiger partial charge in [0.05, 0.1) is 33.5 Å². The first-order valence-electron chi connectivity index (χ1n) is 24.9. The van der Waals surface area contributed by atoms with E-state index < -0.39 is 105 Å². The molecule has 20 nitrogen and oxygen atoms in total. The summed E-state index contributed by atoms with van der Waals surface area (Å²) in [5.41, 5.74) is 0.363. The highest BCUT2D eigenvalue weighted by Crippen LogP contribution is 2.50. The second-order valence-corrected chi connectivity index (χ2v) is 20.6. The van der Waals surface area contributed by atoms with E-state index in [0.29, 0.717) is 29.6 Å². The molecule has 0 radical (unpaired) electrons. The highest BCUT2D eigenvalue weighted by Gasteiger charge is 2.53. The van der Waals surface area contributed by atoms with E-state index >= 15 is 0 Å². The third-order valence-electron chi connectivity index (χ3n) is 12.6. The smallest absolute Gasteiger partial charge is 0.330 e. The first-order valence-corrected chi connectivity index (χ1v) is 26.3. The van der Waals surface area contributed by atoms with Crippen molar-refractivity contribution in [2.24, 2.45) is 0 Å². The number of nitrogens with zero attached hydrogens (tertiary/aromatic N) is 2. The van der Waals surface area contributed by atoms with Gasteiger partial charge in [-0.1, -0.05) is 54.6 Å². The molecule has 0 spiro atoms. The van der Waals surface area contributed by atoms with Crippen molar-refractivity contribution < 1.29 is 71.1 Å². The van der Waals surface area contributed by atoms with E-state index in [-0.39, 0.29) is 31.7 Å². The Labute approximate surface area is 438 Å². The summed E-state index contributed by atoms with van der Waals surface area (Å²) in [7, 11) is 1.70. The number of aromatic nitrogens is 2. The molecule has 3 aromatic carbocycles. The third-order valence-corrected chi connectivity index (χ3v) is 15.2. The third kappa shape index (κ3) is 14.7. The second kappa shape index (κ2) is 26.7. The van der Waals surface area contributed by atoms with Crippen LogP contribution in [0.2, 0.25) is 0 Å². The standard InChI is InChI=1S/C54H70N3O17P/c1-32(2)57(33(3)4)75(27-15-26-66-52-50(71-38(9)61)49(70-37(8)60)48(69-36(7)59)46(73-52)30-67-35(6)58)74-44-28-47(56-29-34(5)51(62)55-53(56)63)72-45(44)31-68-54(39-16-13-12-14-17-39,40-18-22-42(64-10)23-19-40)41-20-24-43(65-11)25-21-41/h12-14,16-25,29,32-33,44-50,52H,15,26-28,30-31H2,1-11H3,(H,55,62,63)/t44-,45+,46+,47+,48+,49-,50+,52+,75?/m0/s1. The molecule has 0 saturated carbocycles. The van der Waals surface area contributed by atoms with Gasteiger partial charge in [-0.25, -0.2) is 4.79 Å². The van der Waals surface area contributed by atoms with Gasteiger partial charge in [0.1, 0.15) is 50.4 Å². The van der Waals surface area contributed by atoms with Gasteiger partial charge >= 0.3 is 29.6 Å². The lowest BCUT2D eigenvalue weighted by molar-refractivity contribution is -0.308. The zero-order valence-corrected chi connectivity index (χ0v) is 45.3. The summed E-state index contributed by atoms with van der Waals surface area (Å²) in [6.45, 7) is 14.1. The van der Waals surface area contributed by atoms with Gasteiger partial charge in [-0.2, -0.15) is 0 Å². The monoisotopic (exact) mass is 1060 g/mol. The van der Waals surface area contributed by atoms with Crippen molar-refractivity contribution in [1.82, 2.24) is 14.2 Å². The van der Waals surface area contributed by atoms with Crippen molar-refractivity contribution in [3.05, 3.63) is 128 Å². The Hall–Kier alpha value is -5.99. The molecule has 75 heavy (non-hydrogen) atoms. The van der Waals surface area contributed by atoms with Crippen LogP contribution in [0, 0.1) is 6.92 Å². The number of nitrogens with one attached hydrogen (secondary N) is 1. The van der Waals surface area contributed by atoms with Crippen molar-refractivity contribution in [2.75, 3.05) is 40.2 Å². The van der Waals surface area contributed by atoms with Crippen LogP contribution in [0.4, 0.5) is 0 Å². The number of benzene rings is 3. The lowest BCUT2D eigenvalue weighted by atomic mass is 9.80. The normalized spacial score (nSPS) is 22.2. The maximum absolute atomic E-state index is 13.5.